The van der Waals surface area contributed by atoms with Gasteiger partial charge >= 0.3 is 0 Å². The first kappa shape index (κ1) is 18.6. The molecule has 26 heavy (non-hydrogen) atoms. The summed E-state index contributed by atoms with van der Waals surface area (Å²) in [6.45, 7) is 0.581. The number of halogens is 1. The van der Waals surface area contributed by atoms with Crippen LogP contribution in [0.4, 0.5) is 0 Å². The van der Waals surface area contributed by atoms with Crippen molar-refractivity contribution in [3.8, 4) is 0 Å². The minimum atomic E-state index is -0.280. The first-order chi connectivity index (χ1) is 12.7. The normalized spacial score (nSPS) is 11.7. The molecule has 0 bridgehead atoms. The van der Waals surface area contributed by atoms with Gasteiger partial charge in [-0.15, -0.1) is 11.8 Å². The number of hydrogen-bond donors (Lipinski definition) is 1. The van der Waals surface area contributed by atoms with Gasteiger partial charge in [0.15, 0.2) is 0 Å². The topological polar surface area (TPSA) is 29.1 Å². The smallest absolute Gasteiger partial charge is 0.238 e. The van der Waals surface area contributed by atoms with Crippen LogP contribution >= 0.6 is 23.4 Å². The third-order valence-corrected chi connectivity index (χ3v) is 5.44. The molecule has 3 rings (SSSR count). The Bertz CT molecular complexity index is 839. The minimum absolute atomic E-state index is 0.0204. The van der Waals surface area contributed by atoms with Crippen LogP contribution in [0.2, 0.25) is 5.02 Å². The van der Waals surface area contributed by atoms with Gasteiger partial charge < -0.3 is 5.32 Å². The van der Waals surface area contributed by atoms with Gasteiger partial charge in [0.2, 0.25) is 5.91 Å². The lowest BCUT2D eigenvalue weighted by atomic mass is 10.1. The Kier molecular flexibility index (Phi) is 6.75. The third-order valence-electron chi connectivity index (χ3n) is 3.94. The molecule has 1 N–H and O–H groups in total. The Morgan fingerprint density at radius 2 is 1.62 bits per heavy atom. The van der Waals surface area contributed by atoms with E-state index >= 15 is 0 Å². The second kappa shape index (κ2) is 9.46. The summed E-state index contributed by atoms with van der Waals surface area (Å²) in [5.41, 5.74) is 2.12. The maximum Gasteiger partial charge on any atom is 0.238 e. The van der Waals surface area contributed by atoms with Gasteiger partial charge in [-0.05, 0) is 41.8 Å². The first-order valence-electron chi connectivity index (χ1n) is 8.51. The van der Waals surface area contributed by atoms with Crippen LogP contribution in [-0.2, 0) is 11.2 Å². The number of carbonyl (C=O) groups excluding carboxylic acids is 1. The zero-order valence-corrected chi connectivity index (χ0v) is 15.8. The number of benzene rings is 3. The molecule has 1 atom stereocenters. The van der Waals surface area contributed by atoms with Crippen molar-refractivity contribution < 1.29 is 4.79 Å². The van der Waals surface area contributed by atoms with Crippen molar-refractivity contribution in [1.29, 1.82) is 0 Å². The SMILES string of the molecule is O=C(NCCc1cccc(Cl)c1)[C@@H](Sc1ccccc1)c1ccccc1. The maximum atomic E-state index is 12.8. The van der Waals surface area contributed by atoms with Gasteiger partial charge in [0.25, 0.3) is 0 Å². The van der Waals surface area contributed by atoms with Crippen LogP contribution in [0.25, 0.3) is 0 Å². The molecule has 0 fully saturated rings. The van der Waals surface area contributed by atoms with Crippen LogP contribution in [0, 0.1) is 0 Å². The van der Waals surface area contributed by atoms with Crippen molar-refractivity contribution in [1.82, 2.24) is 5.32 Å². The molecule has 0 saturated heterocycles. The van der Waals surface area contributed by atoms with E-state index < -0.39 is 0 Å². The van der Waals surface area contributed by atoms with Gasteiger partial charge in [0, 0.05) is 16.5 Å². The van der Waals surface area contributed by atoms with Crippen LogP contribution in [0.1, 0.15) is 16.4 Å². The summed E-state index contributed by atoms with van der Waals surface area (Å²) in [5.74, 6) is 0.0204. The van der Waals surface area contributed by atoms with Crippen LogP contribution in [0.5, 0.6) is 0 Å². The first-order valence-corrected chi connectivity index (χ1v) is 9.77. The third kappa shape index (κ3) is 5.38. The van der Waals surface area contributed by atoms with Crippen molar-refractivity contribution in [2.45, 2.75) is 16.6 Å². The summed E-state index contributed by atoms with van der Waals surface area (Å²) in [7, 11) is 0. The number of hydrogen-bond acceptors (Lipinski definition) is 2. The lowest BCUT2D eigenvalue weighted by molar-refractivity contribution is -0.120. The number of carbonyl (C=O) groups is 1. The molecule has 3 aromatic carbocycles. The molecular weight excluding hydrogens is 362 g/mol. The van der Waals surface area contributed by atoms with Crippen LogP contribution in [0.3, 0.4) is 0 Å². The predicted molar refractivity (Wildman–Crippen MR) is 110 cm³/mol. The molecular formula is C22H20ClNOS. The summed E-state index contributed by atoms with van der Waals surface area (Å²) in [6.07, 6.45) is 0.754. The molecule has 0 unspecified atom stereocenters. The van der Waals surface area contributed by atoms with E-state index in [4.69, 9.17) is 11.6 Å². The van der Waals surface area contributed by atoms with E-state index in [-0.39, 0.29) is 11.2 Å². The van der Waals surface area contributed by atoms with E-state index in [1.54, 1.807) is 11.8 Å². The average Bonchev–Trinajstić information content (AvgIpc) is 2.67. The number of thioether (sulfide) groups is 1. The molecule has 0 radical (unpaired) electrons. The largest absolute Gasteiger partial charge is 0.355 e. The highest BCUT2D eigenvalue weighted by Gasteiger charge is 2.21. The maximum absolute atomic E-state index is 12.8. The molecule has 132 valence electrons. The molecule has 0 aromatic heterocycles. The molecule has 4 heteroatoms. The highest BCUT2D eigenvalue weighted by molar-refractivity contribution is 8.00. The van der Waals surface area contributed by atoms with Gasteiger partial charge in [0.05, 0.1) is 0 Å². The van der Waals surface area contributed by atoms with E-state index in [2.05, 4.69) is 5.32 Å². The molecule has 0 aliphatic carbocycles. The van der Waals surface area contributed by atoms with Crippen LogP contribution in [0.15, 0.2) is 89.8 Å². The lowest BCUT2D eigenvalue weighted by Crippen LogP contribution is -2.29. The van der Waals surface area contributed by atoms with Crippen molar-refractivity contribution in [3.05, 3.63) is 101 Å². The van der Waals surface area contributed by atoms with E-state index in [1.807, 2.05) is 84.9 Å². The highest BCUT2D eigenvalue weighted by Crippen LogP contribution is 2.35. The molecule has 0 spiro atoms. The second-order valence-electron chi connectivity index (χ2n) is 5.89. The van der Waals surface area contributed by atoms with E-state index in [9.17, 15) is 4.79 Å². The standard InChI is InChI=1S/C22H20ClNOS/c23-19-11-7-8-17(16-19)14-15-24-22(25)21(18-9-3-1-4-10-18)26-20-12-5-2-6-13-20/h1-13,16,21H,14-15H2,(H,24,25)/t21-/m0/s1. The summed E-state index contributed by atoms with van der Waals surface area (Å²) in [5, 5.41) is 3.51. The minimum Gasteiger partial charge on any atom is -0.355 e. The monoisotopic (exact) mass is 381 g/mol. The van der Waals surface area contributed by atoms with E-state index in [0.717, 1.165) is 27.5 Å². The Morgan fingerprint density at radius 1 is 0.923 bits per heavy atom. The molecule has 1 amide bonds. The number of rotatable bonds is 7. The van der Waals surface area contributed by atoms with E-state index in [0.29, 0.717) is 6.54 Å². The summed E-state index contributed by atoms with van der Waals surface area (Å²) in [4.78, 5) is 13.9. The lowest BCUT2D eigenvalue weighted by Gasteiger charge is -2.17. The van der Waals surface area contributed by atoms with Crippen molar-refractivity contribution in [2.75, 3.05) is 6.54 Å². The van der Waals surface area contributed by atoms with Crippen molar-refractivity contribution in [3.63, 3.8) is 0 Å². The fourth-order valence-corrected chi connectivity index (χ4v) is 3.93. The van der Waals surface area contributed by atoms with Gasteiger partial charge in [-0.2, -0.15) is 0 Å². The molecule has 0 saturated carbocycles. The fraction of sp³-hybridized carbons (Fsp3) is 0.136. The number of amides is 1. The quantitative estimate of drug-likeness (QED) is 0.545. The van der Waals surface area contributed by atoms with Gasteiger partial charge in [-0.3, -0.25) is 4.79 Å². The highest BCUT2D eigenvalue weighted by atomic mass is 35.5. The molecule has 0 aliphatic rings. The van der Waals surface area contributed by atoms with Gasteiger partial charge in [-0.25, -0.2) is 0 Å². The summed E-state index contributed by atoms with van der Waals surface area (Å²) in [6, 6.07) is 27.6. The Labute approximate surface area is 163 Å². The Balaban J connectivity index is 1.66. The summed E-state index contributed by atoms with van der Waals surface area (Å²) < 4.78 is 0. The zero-order chi connectivity index (χ0) is 18.2. The number of nitrogens with one attached hydrogen (secondary N) is 1. The summed E-state index contributed by atoms with van der Waals surface area (Å²) >= 11 is 7.58. The van der Waals surface area contributed by atoms with Crippen molar-refractivity contribution in [2.24, 2.45) is 0 Å². The second-order valence-corrected chi connectivity index (χ2v) is 7.51. The van der Waals surface area contributed by atoms with Crippen LogP contribution < -0.4 is 5.32 Å². The zero-order valence-electron chi connectivity index (χ0n) is 14.3. The molecule has 0 heterocycles. The Morgan fingerprint density at radius 3 is 2.31 bits per heavy atom. The van der Waals surface area contributed by atoms with Gasteiger partial charge in [-0.1, -0.05) is 72.3 Å². The predicted octanol–water partition coefficient (Wildman–Crippen LogP) is 5.53. The molecule has 3 aromatic rings. The average molecular weight is 382 g/mol. The Hall–Kier alpha value is -2.23. The van der Waals surface area contributed by atoms with Crippen LogP contribution in [-0.4, -0.2) is 12.5 Å². The fourth-order valence-electron chi connectivity index (χ4n) is 2.65. The molecule has 0 aliphatic heterocycles. The van der Waals surface area contributed by atoms with Crippen molar-refractivity contribution >= 4 is 29.3 Å². The van der Waals surface area contributed by atoms with E-state index in [1.165, 1.54) is 0 Å². The van der Waals surface area contributed by atoms with Gasteiger partial charge in [0.1, 0.15) is 5.25 Å². The molecule has 2 nitrogen and oxygen atoms in total.